The number of carbonyl (C=O) groups is 1. The summed E-state index contributed by atoms with van der Waals surface area (Å²) >= 11 is 0. The van der Waals surface area contributed by atoms with E-state index in [1.807, 2.05) is 0 Å². The Hall–Kier alpha value is -0.610. The SMILES string of the molecule is CC(C)CCCCCCCCCCCCCCCOC(=O)CCCOCCOCCC(C)C. The Labute approximate surface area is 206 Å². The van der Waals surface area contributed by atoms with E-state index in [1.165, 1.54) is 83.5 Å². The van der Waals surface area contributed by atoms with Crippen LogP contribution in [0.4, 0.5) is 0 Å². The molecule has 0 aliphatic rings. The minimum Gasteiger partial charge on any atom is -0.466 e. The van der Waals surface area contributed by atoms with Crippen LogP contribution in [0, 0.1) is 11.8 Å². The Balaban J connectivity index is 3.15. The van der Waals surface area contributed by atoms with Crippen LogP contribution in [0.2, 0.25) is 0 Å². The van der Waals surface area contributed by atoms with Crippen LogP contribution >= 0.6 is 0 Å². The lowest BCUT2D eigenvalue weighted by Crippen LogP contribution is -2.10. The summed E-state index contributed by atoms with van der Waals surface area (Å²) in [6, 6.07) is 0. The van der Waals surface area contributed by atoms with Crippen LogP contribution in [0.1, 0.15) is 137 Å². The third kappa shape index (κ3) is 29.4. The summed E-state index contributed by atoms with van der Waals surface area (Å²) in [6.07, 6.45) is 21.1. The van der Waals surface area contributed by atoms with Crippen molar-refractivity contribution in [2.75, 3.05) is 33.0 Å². The minimum atomic E-state index is -0.0910. The van der Waals surface area contributed by atoms with Crippen LogP contribution < -0.4 is 0 Å². The predicted molar refractivity (Wildman–Crippen MR) is 141 cm³/mol. The third-order valence-corrected chi connectivity index (χ3v) is 6.07. The molecule has 0 aliphatic heterocycles. The first-order chi connectivity index (χ1) is 16.0. The second-order valence-corrected chi connectivity index (χ2v) is 10.5. The molecule has 198 valence electrons. The molecule has 0 aromatic rings. The first-order valence-corrected chi connectivity index (χ1v) is 14.3. The van der Waals surface area contributed by atoms with E-state index in [2.05, 4.69) is 27.7 Å². The lowest BCUT2D eigenvalue weighted by molar-refractivity contribution is -0.144. The maximum atomic E-state index is 11.7. The van der Waals surface area contributed by atoms with Gasteiger partial charge in [0.05, 0.1) is 19.8 Å². The fourth-order valence-corrected chi connectivity index (χ4v) is 3.82. The largest absolute Gasteiger partial charge is 0.466 e. The molecule has 0 fully saturated rings. The van der Waals surface area contributed by atoms with Gasteiger partial charge in [0, 0.05) is 19.6 Å². The van der Waals surface area contributed by atoms with Crippen molar-refractivity contribution >= 4 is 5.97 Å². The molecule has 0 heterocycles. The normalized spacial score (nSPS) is 11.6. The lowest BCUT2D eigenvalue weighted by atomic mass is 10.0. The number of hydrogen-bond acceptors (Lipinski definition) is 4. The number of carbonyl (C=O) groups excluding carboxylic acids is 1. The van der Waals surface area contributed by atoms with Crippen LogP contribution in [0.25, 0.3) is 0 Å². The van der Waals surface area contributed by atoms with E-state index in [0.717, 1.165) is 31.8 Å². The number of ether oxygens (including phenoxy) is 3. The van der Waals surface area contributed by atoms with Gasteiger partial charge in [-0.1, -0.05) is 111 Å². The number of hydrogen-bond donors (Lipinski definition) is 0. The van der Waals surface area contributed by atoms with Gasteiger partial charge >= 0.3 is 5.97 Å². The molecule has 0 N–H and O–H groups in total. The van der Waals surface area contributed by atoms with Crippen LogP contribution in [-0.4, -0.2) is 39.0 Å². The van der Waals surface area contributed by atoms with Gasteiger partial charge in [0.2, 0.25) is 0 Å². The molecule has 0 bridgehead atoms. The Kier molecular flexibility index (Phi) is 25.5. The summed E-state index contributed by atoms with van der Waals surface area (Å²) < 4.78 is 16.3. The average Bonchev–Trinajstić information content (AvgIpc) is 2.77. The van der Waals surface area contributed by atoms with Gasteiger partial charge in [0.15, 0.2) is 0 Å². The molecule has 4 heteroatoms. The van der Waals surface area contributed by atoms with Gasteiger partial charge in [-0.15, -0.1) is 0 Å². The van der Waals surface area contributed by atoms with Gasteiger partial charge in [-0.2, -0.15) is 0 Å². The highest BCUT2D eigenvalue weighted by molar-refractivity contribution is 5.69. The van der Waals surface area contributed by atoms with Crippen molar-refractivity contribution in [3.63, 3.8) is 0 Å². The Morgan fingerprint density at radius 1 is 0.485 bits per heavy atom. The first kappa shape index (κ1) is 32.4. The molecule has 0 unspecified atom stereocenters. The van der Waals surface area contributed by atoms with Gasteiger partial charge in [0.25, 0.3) is 0 Å². The Morgan fingerprint density at radius 3 is 1.45 bits per heavy atom. The summed E-state index contributed by atoms with van der Waals surface area (Å²) in [5, 5.41) is 0. The highest BCUT2D eigenvalue weighted by atomic mass is 16.5. The molecular weight excluding hydrogens is 412 g/mol. The lowest BCUT2D eigenvalue weighted by Gasteiger charge is -2.07. The molecule has 0 amide bonds. The highest BCUT2D eigenvalue weighted by Gasteiger charge is 2.03. The summed E-state index contributed by atoms with van der Waals surface area (Å²) in [4.78, 5) is 11.7. The number of unbranched alkanes of at least 4 members (excludes halogenated alkanes) is 12. The zero-order chi connectivity index (χ0) is 24.4. The number of esters is 1. The Morgan fingerprint density at radius 2 is 0.939 bits per heavy atom. The van der Waals surface area contributed by atoms with Crippen molar-refractivity contribution in [1.29, 1.82) is 0 Å². The van der Waals surface area contributed by atoms with Gasteiger partial charge in [-0.25, -0.2) is 0 Å². The summed E-state index contributed by atoms with van der Waals surface area (Å²) in [5.74, 6) is 1.45. The smallest absolute Gasteiger partial charge is 0.305 e. The van der Waals surface area contributed by atoms with E-state index in [0.29, 0.717) is 38.8 Å². The zero-order valence-electron chi connectivity index (χ0n) is 22.8. The van der Waals surface area contributed by atoms with Crippen molar-refractivity contribution in [3.05, 3.63) is 0 Å². The quantitative estimate of drug-likeness (QED) is 0.0938. The summed E-state index contributed by atoms with van der Waals surface area (Å²) in [7, 11) is 0. The van der Waals surface area contributed by atoms with Crippen molar-refractivity contribution in [3.8, 4) is 0 Å². The minimum absolute atomic E-state index is 0.0910. The van der Waals surface area contributed by atoms with Gasteiger partial charge < -0.3 is 14.2 Å². The zero-order valence-corrected chi connectivity index (χ0v) is 22.8. The summed E-state index contributed by atoms with van der Waals surface area (Å²) in [6.45, 7) is 12.2. The standard InChI is InChI=1S/C29H58O4/c1-27(2)19-16-14-12-10-8-6-5-7-9-11-13-15-17-23-33-29(30)20-18-22-31-25-26-32-24-21-28(3)4/h27-28H,5-26H2,1-4H3. The molecule has 4 nitrogen and oxygen atoms in total. The Bertz CT molecular complexity index is 395. The van der Waals surface area contributed by atoms with Crippen molar-refractivity contribution in [2.45, 2.75) is 137 Å². The third-order valence-electron chi connectivity index (χ3n) is 6.07. The molecule has 33 heavy (non-hydrogen) atoms. The van der Waals surface area contributed by atoms with Crippen LogP contribution in [0.5, 0.6) is 0 Å². The van der Waals surface area contributed by atoms with Crippen molar-refractivity contribution in [2.24, 2.45) is 11.8 Å². The van der Waals surface area contributed by atoms with E-state index >= 15 is 0 Å². The molecule has 0 saturated heterocycles. The van der Waals surface area contributed by atoms with E-state index in [1.54, 1.807) is 0 Å². The maximum Gasteiger partial charge on any atom is 0.305 e. The molecule has 0 radical (unpaired) electrons. The average molecular weight is 471 g/mol. The van der Waals surface area contributed by atoms with Crippen LogP contribution in [0.3, 0.4) is 0 Å². The van der Waals surface area contributed by atoms with Gasteiger partial charge in [-0.3, -0.25) is 4.79 Å². The van der Waals surface area contributed by atoms with E-state index < -0.39 is 0 Å². The molecule has 0 aromatic carbocycles. The van der Waals surface area contributed by atoms with E-state index in [-0.39, 0.29) is 5.97 Å². The molecule has 0 aromatic heterocycles. The topological polar surface area (TPSA) is 44.8 Å². The van der Waals surface area contributed by atoms with E-state index in [9.17, 15) is 4.79 Å². The molecule has 0 spiro atoms. The van der Waals surface area contributed by atoms with Crippen molar-refractivity contribution in [1.82, 2.24) is 0 Å². The maximum absolute atomic E-state index is 11.7. The monoisotopic (exact) mass is 470 g/mol. The van der Waals surface area contributed by atoms with Crippen molar-refractivity contribution < 1.29 is 19.0 Å². The summed E-state index contributed by atoms with van der Waals surface area (Å²) in [5.41, 5.74) is 0. The second kappa shape index (κ2) is 26.0. The van der Waals surface area contributed by atoms with Gasteiger partial charge in [0.1, 0.15) is 0 Å². The van der Waals surface area contributed by atoms with Crippen LogP contribution in [0.15, 0.2) is 0 Å². The van der Waals surface area contributed by atoms with E-state index in [4.69, 9.17) is 14.2 Å². The highest BCUT2D eigenvalue weighted by Crippen LogP contribution is 2.14. The molecule has 0 aliphatic carbocycles. The molecular formula is C29H58O4. The fourth-order valence-electron chi connectivity index (χ4n) is 3.82. The molecule has 0 atom stereocenters. The predicted octanol–water partition coefficient (Wildman–Crippen LogP) is 8.51. The fraction of sp³-hybridized carbons (Fsp3) is 0.966. The number of rotatable bonds is 26. The van der Waals surface area contributed by atoms with Gasteiger partial charge in [-0.05, 0) is 31.1 Å². The van der Waals surface area contributed by atoms with Crippen LogP contribution in [-0.2, 0) is 19.0 Å². The second-order valence-electron chi connectivity index (χ2n) is 10.5. The first-order valence-electron chi connectivity index (χ1n) is 14.3. The molecule has 0 rings (SSSR count). The molecule has 0 saturated carbocycles.